The van der Waals surface area contributed by atoms with E-state index in [9.17, 15) is 18.0 Å². The fraction of sp³-hybridized carbons (Fsp3) is 0.882. The lowest BCUT2D eigenvalue weighted by Crippen LogP contribution is -2.64. The molecule has 1 heterocycles. The first kappa shape index (κ1) is 19.6. The van der Waals surface area contributed by atoms with E-state index < -0.39 is 21.2 Å². The maximum Gasteiger partial charge on any atom is 0.327 e. The first-order chi connectivity index (χ1) is 12.2. The molecule has 3 aliphatic rings. The monoisotopic (exact) mass is 387 g/mol. The van der Waals surface area contributed by atoms with Crippen LogP contribution in [0.15, 0.2) is 0 Å². The van der Waals surface area contributed by atoms with Crippen LogP contribution in [0.1, 0.15) is 46.0 Å². The number of sulfonamides is 1. The minimum Gasteiger partial charge on any atom is -0.383 e. The number of nitrogens with one attached hydrogen (secondary N) is 1. The second-order valence-electron chi connectivity index (χ2n) is 7.87. The van der Waals surface area contributed by atoms with Crippen LogP contribution < -0.4 is 4.72 Å². The summed E-state index contributed by atoms with van der Waals surface area (Å²) in [5.74, 6) is -0.708. The van der Waals surface area contributed by atoms with Crippen molar-refractivity contribution in [3.8, 4) is 0 Å². The van der Waals surface area contributed by atoms with Gasteiger partial charge in [0, 0.05) is 31.8 Å². The molecule has 3 fully saturated rings. The Morgan fingerprint density at radius 2 is 1.96 bits per heavy atom. The highest BCUT2D eigenvalue weighted by Crippen LogP contribution is 2.40. The molecule has 2 aliphatic carbocycles. The molecular weight excluding hydrogens is 358 g/mol. The van der Waals surface area contributed by atoms with Crippen molar-refractivity contribution in [3.63, 3.8) is 0 Å². The molecule has 148 valence electrons. The van der Waals surface area contributed by atoms with Gasteiger partial charge in [0.05, 0.1) is 17.8 Å². The molecule has 8 nitrogen and oxygen atoms in total. The van der Waals surface area contributed by atoms with Crippen molar-refractivity contribution in [2.45, 2.75) is 62.8 Å². The molecule has 0 radical (unpaired) electrons. The zero-order chi connectivity index (χ0) is 19.1. The quantitative estimate of drug-likeness (QED) is 0.701. The molecule has 3 atom stereocenters. The summed E-state index contributed by atoms with van der Waals surface area (Å²) in [5.41, 5.74) is -0.317. The van der Waals surface area contributed by atoms with Crippen LogP contribution in [0, 0.1) is 5.92 Å². The molecular formula is C17H29N3O5S. The predicted molar refractivity (Wildman–Crippen MR) is 96.0 cm³/mol. The molecule has 0 aromatic rings. The Bertz CT molecular complexity index is 676. The number of hydrogen-bond donors (Lipinski definition) is 1. The predicted octanol–water partition coefficient (Wildman–Crippen LogP) is 0.926. The van der Waals surface area contributed by atoms with Gasteiger partial charge in [-0.25, -0.2) is 17.9 Å². The largest absolute Gasteiger partial charge is 0.383 e. The minimum atomic E-state index is -3.47. The number of imide groups is 1. The van der Waals surface area contributed by atoms with E-state index in [2.05, 4.69) is 4.72 Å². The van der Waals surface area contributed by atoms with Crippen LogP contribution >= 0.6 is 0 Å². The van der Waals surface area contributed by atoms with Gasteiger partial charge >= 0.3 is 6.03 Å². The van der Waals surface area contributed by atoms with E-state index in [0.717, 1.165) is 12.8 Å². The number of amides is 3. The third kappa shape index (κ3) is 3.61. The van der Waals surface area contributed by atoms with Crippen molar-refractivity contribution in [1.29, 1.82) is 0 Å². The van der Waals surface area contributed by atoms with Gasteiger partial charge in [-0.1, -0.05) is 0 Å². The number of hydrogen-bond acceptors (Lipinski definition) is 5. The van der Waals surface area contributed by atoms with Gasteiger partial charge in [0.2, 0.25) is 15.9 Å². The molecule has 3 amide bonds. The summed E-state index contributed by atoms with van der Waals surface area (Å²) in [4.78, 5) is 28.4. The maximum atomic E-state index is 12.8. The van der Waals surface area contributed by atoms with Crippen LogP contribution in [0.5, 0.6) is 0 Å². The standard InChI is InChI=1S/C17H29N3O5S/c1-4-19-15(21)13-11-12(26(23,24)18-17(2)7-8-17)5-6-14(13)20(16(19)22)9-10-25-3/h12-14,18H,4-11H2,1-3H3. The second-order valence-corrected chi connectivity index (χ2v) is 9.83. The Morgan fingerprint density at radius 1 is 1.27 bits per heavy atom. The third-order valence-electron chi connectivity index (χ3n) is 5.91. The SMILES string of the molecule is CCN1C(=O)C2CC(S(=O)(=O)NC3(C)CC3)CCC2N(CCOC)C1=O. The number of carbonyl (C=O) groups is 2. The normalized spacial score (nSPS) is 31.1. The number of methoxy groups -OCH3 is 1. The fourth-order valence-electron chi connectivity index (χ4n) is 4.09. The average Bonchev–Trinajstić information content (AvgIpc) is 3.31. The molecule has 0 spiro atoms. The van der Waals surface area contributed by atoms with Crippen LogP contribution in [0.4, 0.5) is 4.79 Å². The van der Waals surface area contributed by atoms with E-state index in [0.29, 0.717) is 26.0 Å². The number of urea groups is 1. The minimum absolute atomic E-state index is 0.240. The molecule has 2 saturated carbocycles. The summed E-state index contributed by atoms with van der Waals surface area (Å²) in [6, 6.07) is -0.531. The van der Waals surface area contributed by atoms with Crippen molar-refractivity contribution < 1.29 is 22.7 Å². The summed E-state index contributed by atoms with van der Waals surface area (Å²) in [6.07, 6.45) is 2.95. The highest BCUT2D eigenvalue weighted by molar-refractivity contribution is 7.90. The summed E-state index contributed by atoms with van der Waals surface area (Å²) in [7, 11) is -1.90. The van der Waals surface area contributed by atoms with Crippen molar-refractivity contribution >= 4 is 22.0 Å². The summed E-state index contributed by atoms with van der Waals surface area (Å²) in [5, 5.41) is -0.582. The van der Waals surface area contributed by atoms with Crippen LogP contribution in [-0.4, -0.2) is 73.8 Å². The van der Waals surface area contributed by atoms with E-state index in [1.165, 1.54) is 4.90 Å². The zero-order valence-electron chi connectivity index (χ0n) is 15.7. The Hall–Kier alpha value is -1.19. The molecule has 26 heavy (non-hydrogen) atoms. The van der Waals surface area contributed by atoms with Crippen molar-refractivity contribution in [3.05, 3.63) is 0 Å². The second kappa shape index (κ2) is 7.09. The Kier molecular flexibility index (Phi) is 5.33. The number of fused-ring (bicyclic) bond motifs is 1. The van der Waals surface area contributed by atoms with Gasteiger partial charge in [0.15, 0.2) is 0 Å². The van der Waals surface area contributed by atoms with E-state index in [1.807, 2.05) is 6.92 Å². The lowest BCUT2D eigenvalue weighted by molar-refractivity contribution is -0.140. The van der Waals surface area contributed by atoms with Crippen LogP contribution in [0.2, 0.25) is 0 Å². The van der Waals surface area contributed by atoms with Gasteiger partial charge in [-0.15, -0.1) is 0 Å². The molecule has 0 aromatic carbocycles. The molecule has 9 heteroatoms. The molecule has 0 bridgehead atoms. The van der Waals surface area contributed by atoms with Crippen LogP contribution in [-0.2, 0) is 19.6 Å². The molecule has 0 aromatic heterocycles. The molecule has 3 unspecified atom stereocenters. The van der Waals surface area contributed by atoms with Gasteiger partial charge in [-0.3, -0.25) is 9.69 Å². The number of rotatable bonds is 7. The van der Waals surface area contributed by atoms with Gasteiger partial charge in [-0.05, 0) is 46.0 Å². The van der Waals surface area contributed by atoms with Crippen molar-refractivity contribution in [2.24, 2.45) is 5.92 Å². The molecule has 1 saturated heterocycles. The topological polar surface area (TPSA) is 96.0 Å². The zero-order valence-corrected chi connectivity index (χ0v) is 16.5. The van der Waals surface area contributed by atoms with Gasteiger partial charge in [-0.2, -0.15) is 0 Å². The fourth-order valence-corrected chi connectivity index (χ4v) is 6.05. The van der Waals surface area contributed by atoms with Crippen LogP contribution in [0.25, 0.3) is 0 Å². The van der Waals surface area contributed by atoms with E-state index in [4.69, 9.17) is 4.74 Å². The third-order valence-corrected chi connectivity index (χ3v) is 7.99. The van der Waals surface area contributed by atoms with Gasteiger partial charge < -0.3 is 9.64 Å². The number of nitrogens with zero attached hydrogens (tertiary/aromatic N) is 2. The lowest BCUT2D eigenvalue weighted by atomic mass is 9.81. The number of ether oxygens (including phenoxy) is 1. The molecule has 3 rings (SSSR count). The Balaban J connectivity index is 1.79. The number of carbonyl (C=O) groups excluding carboxylic acids is 2. The van der Waals surface area contributed by atoms with E-state index in [-0.39, 0.29) is 36.5 Å². The molecule has 1 aliphatic heterocycles. The summed E-state index contributed by atoms with van der Waals surface area (Å²) in [6.45, 7) is 4.76. The van der Waals surface area contributed by atoms with Gasteiger partial charge in [0.1, 0.15) is 0 Å². The lowest BCUT2D eigenvalue weighted by Gasteiger charge is -2.48. The Morgan fingerprint density at radius 3 is 2.54 bits per heavy atom. The first-order valence-electron chi connectivity index (χ1n) is 9.36. The van der Waals surface area contributed by atoms with Crippen LogP contribution in [0.3, 0.4) is 0 Å². The van der Waals surface area contributed by atoms with E-state index in [1.54, 1.807) is 18.9 Å². The van der Waals surface area contributed by atoms with Crippen molar-refractivity contribution in [1.82, 2.24) is 14.5 Å². The summed E-state index contributed by atoms with van der Waals surface area (Å²) >= 11 is 0. The highest BCUT2D eigenvalue weighted by Gasteiger charge is 2.51. The summed E-state index contributed by atoms with van der Waals surface area (Å²) < 4.78 is 33.4. The average molecular weight is 388 g/mol. The van der Waals surface area contributed by atoms with E-state index >= 15 is 0 Å². The maximum absolute atomic E-state index is 12.8. The van der Waals surface area contributed by atoms with Crippen molar-refractivity contribution in [2.75, 3.05) is 26.8 Å². The first-order valence-corrected chi connectivity index (χ1v) is 10.9. The smallest absolute Gasteiger partial charge is 0.327 e. The Labute approximate surface area is 155 Å². The highest BCUT2D eigenvalue weighted by atomic mass is 32.2. The molecule has 1 N–H and O–H groups in total. The van der Waals surface area contributed by atoms with Gasteiger partial charge in [0.25, 0.3) is 0 Å².